The molecule has 0 bridgehead atoms. The monoisotopic (exact) mass is 481 g/mol. The number of ether oxygens (including phenoxy) is 2. The molecule has 2 aromatic carbocycles. The molecular weight excluding hydrogens is 454 g/mol. The van der Waals surface area contributed by atoms with E-state index in [1.807, 2.05) is 0 Å². The van der Waals surface area contributed by atoms with Crippen molar-refractivity contribution in [1.29, 1.82) is 0 Å². The number of aryl methyl sites for hydroxylation is 1. The van der Waals surface area contributed by atoms with Crippen LogP contribution in [0.4, 0.5) is 5.69 Å². The highest BCUT2D eigenvalue weighted by Crippen LogP contribution is 2.40. The summed E-state index contributed by atoms with van der Waals surface area (Å²) in [4.78, 5) is 40.7. The standard InChI is InChI=1S/C25H27N3O7/c1-16-14-18(6-7-20(16)34-2)23(29)21-22(17-4-3-5-19(15-17)28(32)33)27(25(31)24(21)30)9-8-26-10-12-35-13-11-26/h3-7,14-15,22,29H,8-13H2,1-2H3/b23-21-. The number of hydrogen-bond acceptors (Lipinski definition) is 8. The third kappa shape index (κ3) is 4.89. The second-order valence-electron chi connectivity index (χ2n) is 8.48. The van der Waals surface area contributed by atoms with Gasteiger partial charge >= 0.3 is 0 Å². The highest BCUT2D eigenvalue weighted by molar-refractivity contribution is 6.46. The van der Waals surface area contributed by atoms with Crippen LogP contribution >= 0.6 is 0 Å². The second-order valence-corrected chi connectivity index (χ2v) is 8.48. The predicted octanol–water partition coefficient (Wildman–Crippen LogP) is 2.67. The van der Waals surface area contributed by atoms with Gasteiger partial charge in [0.1, 0.15) is 11.5 Å². The quantitative estimate of drug-likeness (QED) is 0.211. The summed E-state index contributed by atoms with van der Waals surface area (Å²) in [6.07, 6.45) is 0. The van der Waals surface area contributed by atoms with Crippen molar-refractivity contribution < 1.29 is 29.1 Å². The van der Waals surface area contributed by atoms with Gasteiger partial charge in [-0.15, -0.1) is 0 Å². The lowest BCUT2D eigenvalue weighted by Gasteiger charge is -2.31. The maximum atomic E-state index is 13.2. The van der Waals surface area contributed by atoms with Gasteiger partial charge in [0, 0.05) is 43.9 Å². The smallest absolute Gasteiger partial charge is 0.295 e. The highest BCUT2D eigenvalue weighted by Gasteiger charge is 2.46. The number of carbonyl (C=O) groups excluding carboxylic acids is 2. The van der Waals surface area contributed by atoms with Crippen LogP contribution in [0.15, 0.2) is 48.0 Å². The Morgan fingerprint density at radius 2 is 1.91 bits per heavy atom. The van der Waals surface area contributed by atoms with Crippen LogP contribution in [-0.2, 0) is 14.3 Å². The molecule has 0 saturated carbocycles. The molecule has 2 aromatic rings. The first kappa shape index (κ1) is 24.4. The van der Waals surface area contributed by atoms with Crippen LogP contribution in [0.2, 0.25) is 0 Å². The Morgan fingerprint density at radius 3 is 2.57 bits per heavy atom. The Kier molecular flexibility index (Phi) is 7.13. The molecule has 10 heteroatoms. The summed E-state index contributed by atoms with van der Waals surface area (Å²) in [6, 6.07) is 9.79. The van der Waals surface area contributed by atoms with E-state index in [0.29, 0.717) is 49.7 Å². The normalized spacial score (nSPS) is 20.3. The molecular formula is C25H27N3O7. The first-order valence-electron chi connectivity index (χ1n) is 11.3. The molecule has 1 atom stereocenters. The fourth-order valence-electron chi connectivity index (χ4n) is 4.52. The van der Waals surface area contributed by atoms with E-state index in [4.69, 9.17) is 9.47 Å². The Hall–Kier alpha value is -3.76. The lowest BCUT2D eigenvalue weighted by Crippen LogP contribution is -2.42. The van der Waals surface area contributed by atoms with Gasteiger partial charge in [0.25, 0.3) is 17.4 Å². The number of ketones is 1. The molecule has 2 saturated heterocycles. The number of nitro groups is 1. The Morgan fingerprint density at radius 1 is 1.17 bits per heavy atom. The average Bonchev–Trinajstić information content (AvgIpc) is 3.12. The first-order valence-corrected chi connectivity index (χ1v) is 11.3. The molecule has 2 aliphatic rings. The molecule has 0 radical (unpaired) electrons. The van der Waals surface area contributed by atoms with Crippen molar-refractivity contribution in [1.82, 2.24) is 9.80 Å². The summed E-state index contributed by atoms with van der Waals surface area (Å²) < 4.78 is 10.6. The van der Waals surface area contributed by atoms with Crippen LogP contribution in [0.5, 0.6) is 5.75 Å². The molecule has 0 aromatic heterocycles. The minimum absolute atomic E-state index is 0.0953. The Labute approximate surface area is 202 Å². The van der Waals surface area contributed by atoms with E-state index >= 15 is 0 Å². The molecule has 184 valence electrons. The lowest BCUT2D eigenvalue weighted by atomic mass is 9.94. The zero-order valence-electron chi connectivity index (χ0n) is 19.6. The van der Waals surface area contributed by atoms with Crippen molar-refractivity contribution in [3.63, 3.8) is 0 Å². The highest BCUT2D eigenvalue weighted by atomic mass is 16.6. The molecule has 2 fully saturated rings. The zero-order valence-corrected chi connectivity index (χ0v) is 19.6. The van der Waals surface area contributed by atoms with Crippen molar-refractivity contribution in [2.45, 2.75) is 13.0 Å². The van der Waals surface area contributed by atoms with Crippen molar-refractivity contribution in [3.8, 4) is 5.75 Å². The molecule has 1 amide bonds. The van der Waals surface area contributed by atoms with Gasteiger partial charge in [-0.05, 0) is 36.2 Å². The first-order chi connectivity index (χ1) is 16.8. The number of aliphatic hydroxyl groups is 1. The van der Waals surface area contributed by atoms with Crippen LogP contribution in [0, 0.1) is 17.0 Å². The number of non-ortho nitro benzene ring substituents is 1. The number of methoxy groups -OCH3 is 1. The third-order valence-corrected chi connectivity index (χ3v) is 6.37. The van der Waals surface area contributed by atoms with Gasteiger partial charge in [-0.25, -0.2) is 0 Å². The molecule has 2 heterocycles. The molecule has 0 spiro atoms. The Bertz CT molecular complexity index is 1190. The van der Waals surface area contributed by atoms with E-state index in [1.165, 1.54) is 30.2 Å². The third-order valence-electron chi connectivity index (χ3n) is 6.37. The van der Waals surface area contributed by atoms with Gasteiger partial charge in [-0.1, -0.05) is 12.1 Å². The number of rotatable bonds is 7. The molecule has 0 aliphatic carbocycles. The summed E-state index contributed by atoms with van der Waals surface area (Å²) >= 11 is 0. The van der Waals surface area contributed by atoms with Gasteiger partial charge in [0.2, 0.25) is 0 Å². The van der Waals surface area contributed by atoms with E-state index in [1.54, 1.807) is 31.2 Å². The van der Waals surface area contributed by atoms with Gasteiger partial charge in [0.15, 0.2) is 0 Å². The summed E-state index contributed by atoms with van der Waals surface area (Å²) in [5, 5.41) is 22.6. The molecule has 2 aliphatic heterocycles. The van der Waals surface area contributed by atoms with Gasteiger partial charge in [-0.3, -0.25) is 24.6 Å². The van der Waals surface area contributed by atoms with E-state index in [9.17, 15) is 24.8 Å². The van der Waals surface area contributed by atoms with E-state index < -0.39 is 22.7 Å². The zero-order chi connectivity index (χ0) is 25.1. The van der Waals surface area contributed by atoms with Crippen LogP contribution in [0.3, 0.4) is 0 Å². The van der Waals surface area contributed by atoms with Gasteiger partial charge in [0.05, 0.1) is 36.9 Å². The maximum Gasteiger partial charge on any atom is 0.295 e. The predicted molar refractivity (Wildman–Crippen MR) is 127 cm³/mol. The summed E-state index contributed by atoms with van der Waals surface area (Å²) in [7, 11) is 1.53. The molecule has 10 nitrogen and oxygen atoms in total. The number of hydrogen-bond donors (Lipinski definition) is 1. The molecule has 35 heavy (non-hydrogen) atoms. The number of benzene rings is 2. The molecule has 4 rings (SSSR count). The van der Waals surface area contributed by atoms with Gasteiger partial charge < -0.3 is 19.5 Å². The largest absolute Gasteiger partial charge is 0.507 e. The number of amides is 1. The Balaban J connectivity index is 1.78. The van der Waals surface area contributed by atoms with E-state index in [2.05, 4.69) is 4.90 Å². The summed E-state index contributed by atoms with van der Waals surface area (Å²) in [6.45, 7) is 5.11. The summed E-state index contributed by atoms with van der Waals surface area (Å²) in [5.41, 5.74) is 1.21. The summed E-state index contributed by atoms with van der Waals surface area (Å²) in [5.74, 6) is -1.29. The van der Waals surface area contributed by atoms with Crippen LogP contribution in [-0.4, -0.2) is 78.0 Å². The van der Waals surface area contributed by atoms with E-state index in [0.717, 1.165) is 5.56 Å². The fourth-order valence-corrected chi connectivity index (χ4v) is 4.52. The van der Waals surface area contributed by atoms with E-state index in [-0.39, 0.29) is 23.6 Å². The molecule has 1 unspecified atom stereocenters. The lowest BCUT2D eigenvalue weighted by molar-refractivity contribution is -0.384. The van der Waals surface area contributed by atoms with Crippen molar-refractivity contribution in [2.24, 2.45) is 0 Å². The number of aliphatic hydroxyl groups excluding tert-OH is 1. The number of morpholine rings is 1. The topological polar surface area (TPSA) is 122 Å². The minimum atomic E-state index is -0.960. The van der Waals surface area contributed by atoms with Crippen molar-refractivity contribution >= 4 is 23.1 Å². The average molecular weight is 482 g/mol. The van der Waals surface area contributed by atoms with Crippen molar-refractivity contribution in [3.05, 3.63) is 74.8 Å². The number of Topliss-reactive ketones (excluding diaryl/α,β-unsaturated/α-hetero) is 1. The van der Waals surface area contributed by atoms with Crippen LogP contribution < -0.4 is 4.74 Å². The number of nitro benzene ring substituents is 1. The SMILES string of the molecule is COc1ccc(/C(O)=C2/C(=O)C(=O)N(CCN3CCOCC3)C2c2cccc([N+](=O)[O-])c2)cc1C. The number of likely N-dealkylation sites (tertiary alicyclic amines) is 1. The number of carbonyl (C=O) groups is 2. The fraction of sp³-hybridized carbons (Fsp3) is 0.360. The van der Waals surface area contributed by atoms with Crippen LogP contribution in [0.25, 0.3) is 5.76 Å². The van der Waals surface area contributed by atoms with Crippen LogP contribution in [0.1, 0.15) is 22.7 Å². The van der Waals surface area contributed by atoms with Crippen molar-refractivity contribution in [2.75, 3.05) is 46.5 Å². The van der Waals surface area contributed by atoms with Gasteiger partial charge in [-0.2, -0.15) is 0 Å². The number of nitrogens with zero attached hydrogens (tertiary/aromatic N) is 3. The maximum absolute atomic E-state index is 13.2. The second kappa shape index (κ2) is 10.2. The minimum Gasteiger partial charge on any atom is -0.507 e. The molecule has 1 N–H and O–H groups in total.